The van der Waals surface area contributed by atoms with Crippen LogP contribution in [0.1, 0.15) is 15.8 Å². The molecule has 2 aromatic rings. The lowest BCUT2D eigenvalue weighted by Crippen LogP contribution is -1.96. The summed E-state index contributed by atoms with van der Waals surface area (Å²) in [5, 5.41) is 1.58. The van der Waals surface area contributed by atoms with Gasteiger partial charge in [-0.1, -0.05) is 17.7 Å². The van der Waals surface area contributed by atoms with Crippen LogP contribution in [-0.2, 0) is 0 Å². The van der Waals surface area contributed by atoms with Gasteiger partial charge in [0.25, 0.3) is 0 Å². The summed E-state index contributed by atoms with van der Waals surface area (Å²) in [7, 11) is 0. The average Bonchev–Trinajstić information content (AvgIpc) is 2.63. The zero-order chi connectivity index (χ0) is 11.7. The molecule has 0 saturated heterocycles. The Bertz CT molecular complexity index is 510. The molecule has 0 saturated carbocycles. The van der Waals surface area contributed by atoms with Crippen molar-refractivity contribution in [3.63, 3.8) is 0 Å². The highest BCUT2D eigenvalue weighted by molar-refractivity contribution is 7.11. The Morgan fingerprint density at radius 1 is 1.19 bits per heavy atom. The molecule has 0 amide bonds. The molecule has 0 aliphatic rings. The number of rotatable bonds is 2. The SMILES string of the molecule is Fc1ccc(C(Cl)c2sccc2Cl)c(F)c1. The minimum Gasteiger partial charge on any atom is -0.207 e. The van der Waals surface area contributed by atoms with Gasteiger partial charge in [0.2, 0.25) is 0 Å². The molecule has 16 heavy (non-hydrogen) atoms. The van der Waals surface area contributed by atoms with E-state index in [1.54, 1.807) is 11.4 Å². The minimum atomic E-state index is -0.687. The van der Waals surface area contributed by atoms with Crippen molar-refractivity contribution in [2.75, 3.05) is 0 Å². The van der Waals surface area contributed by atoms with Gasteiger partial charge in [-0.2, -0.15) is 0 Å². The molecule has 1 atom stereocenters. The fourth-order valence-corrected chi connectivity index (χ4v) is 3.00. The van der Waals surface area contributed by atoms with Gasteiger partial charge in [0.15, 0.2) is 0 Å². The van der Waals surface area contributed by atoms with E-state index in [2.05, 4.69) is 0 Å². The Balaban J connectivity index is 2.41. The molecule has 0 spiro atoms. The number of halogens is 4. The standard InChI is InChI=1S/C11H6Cl2F2S/c12-8-3-4-16-11(8)10(13)7-2-1-6(14)5-9(7)15/h1-5,10H. The van der Waals surface area contributed by atoms with Crippen molar-refractivity contribution in [3.05, 3.63) is 56.7 Å². The highest BCUT2D eigenvalue weighted by Crippen LogP contribution is 2.38. The summed E-state index contributed by atoms with van der Waals surface area (Å²) in [6, 6.07) is 5.01. The first-order valence-corrected chi connectivity index (χ1v) is 6.11. The first-order chi connectivity index (χ1) is 7.59. The Morgan fingerprint density at radius 2 is 1.94 bits per heavy atom. The normalized spacial score (nSPS) is 12.8. The van der Waals surface area contributed by atoms with Crippen LogP contribution >= 0.6 is 34.5 Å². The molecular formula is C11H6Cl2F2S. The average molecular weight is 279 g/mol. The molecule has 0 aliphatic heterocycles. The predicted octanol–water partition coefficient (Wildman–Crippen LogP) is 5.01. The molecular weight excluding hydrogens is 273 g/mol. The summed E-state index contributed by atoms with van der Waals surface area (Å²) in [5.41, 5.74) is 0.229. The lowest BCUT2D eigenvalue weighted by Gasteiger charge is -2.09. The summed E-state index contributed by atoms with van der Waals surface area (Å²) in [5.74, 6) is -1.29. The van der Waals surface area contributed by atoms with Gasteiger partial charge in [-0.05, 0) is 17.5 Å². The molecule has 5 heteroatoms. The largest absolute Gasteiger partial charge is 0.207 e. The van der Waals surface area contributed by atoms with Gasteiger partial charge in [-0.25, -0.2) is 8.78 Å². The van der Waals surface area contributed by atoms with Gasteiger partial charge in [0.05, 0.1) is 10.4 Å². The number of benzene rings is 1. The zero-order valence-electron chi connectivity index (χ0n) is 7.88. The van der Waals surface area contributed by atoms with Gasteiger partial charge in [-0.3, -0.25) is 0 Å². The summed E-state index contributed by atoms with van der Waals surface area (Å²) in [6.07, 6.45) is 0. The first kappa shape index (κ1) is 11.8. The van der Waals surface area contributed by atoms with Crippen LogP contribution in [-0.4, -0.2) is 0 Å². The monoisotopic (exact) mass is 278 g/mol. The first-order valence-electron chi connectivity index (χ1n) is 4.41. The summed E-state index contributed by atoms with van der Waals surface area (Å²) in [6.45, 7) is 0. The second-order valence-corrected chi connectivity index (χ2v) is 4.95. The van der Waals surface area contributed by atoms with Gasteiger partial charge in [0, 0.05) is 16.5 Å². The molecule has 2 rings (SSSR count). The number of hydrogen-bond donors (Lipinski definition) is 0. The quantitative estimate of drug-likeness (QED) is 0.678. The van der Waals surface area contributed by atoms with Crippen molar-refractivity contribution in [2.24, 2.45) is 0 Å². The van der Waals surface area contributed by atoms with E-state index in [4.69, 9.17) is 23.2 Å². The van der Waals surface area contributed by atoms with Crippen LogP contribution in [0.2, 0.25) is 5.02 Å². The molecule has 0 bridgehead atoms. The van der Waals surface area contributed by atoms with Crippen LogP contribution in [0.15, 0.2) is 29.6 Å². The van der Waals surface area contributed by atoms with Gasteiger partial charge in [-0.15, -0.1) is 22.9 Å². The lowest BCUT2D eigenvalue weighted by atomic mass is 10.1. The fraction of sp³-hybridized carbons (Fsp3) is 0.0909. The second kappa shape index (κ2) is 4.70. The molecule has 1 unspecified atom stereocenters. The van der Waals surface area contributed by atoms with Crippen LogP contribution in [0.5, 0.6) is 0 Å². The topological polar surface area (TPSA) is 0 Å². The van der Waals surface area contributed by atoms with E-state index in [9.17, 15) is 8.78 Å². The number of alkyl halides is 1. The lowest BCUT2D eigenvalue weighted by molar-refractivity contribution is 0.574. The number of thiophene rings is 1. The van der Waals surface area contributed by atoms with Gasteiger partial charge >= 0.3 is 0 Å². The van der Waals surface area contributed by atoms with Crippen molar-refractivity contribution >= 4 is 34.5 Å². The molecule has 0 nitrogen and oxygen atoms in total. The summed E-state index contributed by atoms with van der Waals surface area (Å²) < 4.78 is 26.2. The molecule has 0 aliphatic carbocycles. The third-order valence-electron chi connectivity index (χ3n) is 2.11. The molecule has 0 fully saturated rings. The van der Waals surface area contributed by atoms with E-state index >= 15 is 0 Å². The second-order valence-electron chi connectivity index (χ2n) is 3.16. The van der Waals surface area contributed by atoms with Crippen molar-refractivity contribution in [3.8, 4) is 0 Å². The molecule has 84 valence electrons. The van der Waals surface area contributed by atoms with Crippen LogP contribution in [0, 0.1) is 11.6 Å². The van der Waals surface area contributed by atoms with E-state index in [-0.39, 0.29) is 5.56 Å². The van der Waals surface area contributed by atoms with Crippen LogP contribution in [0.3, 0.4) is 0 Å². The van der Waals surface area contributed by atoms with Crippen molar-refractivity contribution in [1.82, 2.24) is 0 Å². The maximum absolute atomic E-state index is 13.5. The zero-order valence-corrected chi connectivity index (χ0v) is 10.2. The summed E-state index contributed by atoms with van der Waals surface area (Å²) in [4.78, 5) is 0.661. The van der Waals surface area contributed by atoms with E-state index < -0.39 is 17.0 Å². The molecule has 1 aromatic carbocycles. The van der Waals surface area contributed by atoms with Gasteiger partial charge < -0.3 is 0 Å². The third-order valence-corrected chi connectivity index (χ3v) is 4.12. The minimum absolute atomic E-state index is 0.229. The fourth-order valence-electron chi connectivity index (χ4n) is 1.33. The van der Waals surface area contributed by atoms with Gasteiger partial charge in [0.1, 0.15) is 11.6 Å². The molecule has 0 radical (unpaired) electrons. The Kier molecular flexibility index (Phi) is 3.47. The van der Waals surface area contributed by atoms with E-state index in [1.807, 2.05) is 0 Å². The van der Waals surface area contributed by atoms with Crippen LogP contribution < -0.4 is 0 Å². The van der Waals surface area contributed by atoms with E-state index in [0.29, 0.717) is 9.90 Å². The van der Waals surface area contributed by atoms with Crippen molar-refractivity contribution in [2.45, 2.75) is 5.38 Å². The Labute approximate surface area is 105 Å². The van der Waals surface area contributed by atoms with Crippen molar-refractivity contribution in [1.29, 1.82) is 0 Å². The molecule has 1 aromatic heterocycles. The third kappa shape index (κ3) is 2.21. The maximum atomic E-state index is 13.5. The smallest absolute Gasteiger partial charge is 0.131 e. The van der Waals surface area contributed by atoms with Crippen molar-refractivity contribution < 1.29 is 8.78 Å². The highest BCUT2D eigenvalue weighted by Gasteiger charge is 2.19. The van der Waals surface area contributed by atoms with E-state index in [1.165, 1.54) is 23.5 Å². The summed E-state index contributed by atoms with van der Waals surface area (Å²) >= 11 is 13.3. The predicted molar refractivity (Wildman–Crippen MR) is 63.4 cm³/mol. The highest BCUT2D eigenvalue weighted by atomic mass is 35.5. The van der Waals surface area contributed by atoms with Crippen LogP contribution in [0.4, 0.5) is 8.78 Å². The van der Waals surface area contributed by atoms with Crippen LogP contribution in [0.25, 0.3) is 0 Å². The molecule has 0 N–H and O–H groups in total. The maximum Gasteiger partial charge on any atom is 0.131 e. The Morgan fingerprint density at radius 3 is 2.50 bits per heavy atom. The molecule has 1 heterocycles. The van der Waals surface area contributed by atoms with E-state index in [0.717, 1.165) is 6.07 Å². The Hall–Kier alpha value is -0.640. The number of hydrogen-bond acceptors (Lipinski definition) is 1.